The minimum atomic E-state index is -1.72. The van der Waals surface area contributed by atoms with Gasteiger partial charge in [0.25, 0.3) is 5.91 Å². The zero-order valence-electron chi connectivity index (χ0n) is 7.36. The average molecular weight is 195 g/mol. The van der Waals surface area contributed by atoms with Crippen molar-refractivity contribution in [2.75, 3.05) is 0 Å². The predicted molar refractivity (Wildman–Crippen MR) is 48.1 cm³/mol. The largest absolute Gasteiger partial charge is 0.363 e. The van der Waals surface area contributed by atoms with Crippen LogP contribution in [0.15, 0.2) is 25.3 Å². The second-order valence-corrected chi connectivity index (χ2v) is 2.37. The number of amides is 1. The van der Waals surface area contributed by atoms with E-state index in [4.69, 9.17) is 0 Å². The second-order valence-electron chi connectivity index (χ2n) is 2.37. The highest BCUT2D eigenvalue weighted by Gasteiger charge is 2.33. The molecule has 0 radical (unpaired) electrons. The first-order valence-corrected chi connectivity index (χ1v) is 3.62. The summed E-state index contributed by atoms with van der Waals surface area (Å²) in [6, 6.07) is 0. The second kappa shape index (κ2) is 4.86. The zero-order chi connectivity index (χ0) is 11.3. The predicted octanol–water partition coefficient (Wildman–Crippen LogP) is -0.833. The third-order valence-corrected chi connectivity index (χ3v) is 1.48. The molecule has 1 amide bonds. The third-order valence-electron chi connectivity index (χ3n) is 1.48. The van der Waals surface area contributed by atoms with Crippen LogP contribution in [0.1, 0.15) is 0 Å². The molecule has 0 aromatic heterocycles. The number of rotatable bonds is 6. The van der Waals surface area contributed by atoms with Gasteiger partial charge in [0.05, 0.1) is 0 Å². The van der Waals surface area contributed by atoms with E-state index in [0.717, 1.165) is 12.2 Å². The smallest absolute Gasteiger partial charge is 0.286 e. The lowest BCUT2D eigenvalue weighted by atomic mass is 9.93. The topological polar surface area (TPSA) is 94.3 Å². The van der Waals surface area contributed by atoms with E-state index in [9.17, 15) is 19.2 Å². The maximum Gasteiger partial charge on any atom is 0.286 e. The lowest BCUT2D eigenvalue weighted by molar-refractivity contribution is -0.144. The molecule has 0 atom stereocenters. The van der Waals surface area contributed by atoms with Gasteiger partial charge in [-0.1, -0.05) is 13.2 Å². The Labute approximate surface area is 80.3 Å². The first-order chi connectivity index (χ1) is 6.45. The number of Topliss-reactive ketones (excluding diaryl/α,β-unsaturated/α-hetero) is 1. The van der Waals surface area contributed by atoms with Gasteiger partial charge in [0.1, 0.15) is 0 Å². The van der Waals surface area contributed by atoms with Gasteiger partial charge in [-0.15, -0.1) is 0 Å². The van der Waals surface area contributed by atoms with Crippen molar-refractivity contribution in [2.24, 2.45) is 11.7 Å². The molecule has 0 aliphatic rings. The van der Waals surface area contributed by atoms with Crippen LogP contribution in [0.4, 0.5) is 0 Å². The molecule has 0 unspecified atom stereocenters. The van der Waals surface area contributed by atoms with Gasteiger partial charge in [0.2, 0.25) is 5.78 Å². The van der Waals surface area contributed by atoms with Crippen molar-refractivity contribution in [1.82, 2.24) is 0 Å². The molecular formula is C9H9NO4. The fraction of sp³-hybridized carbons (Fsp3) is 0.111. The maximum atomic E-state index is 11.0. The molecule has 0 aliphatic heterocycles. The molecular weight excluding hydrogens is 186 g/mol. The summed E-state index contributed by atoms with van der Waals surface area (Å²) in [4.78, 5) is 43.6. The molecule has 0 spiro atoms. The third kappa shape index (κ3) is 2.48. The van der Waals surface area contributed by atoms with Gasteiger partial charge in [-0.05, 0) is 12.2 Å². The van der Waals surface area contributed by atoms with Crippen molar-refractivity contribution < 1.29 is 19.2 Å². The SMILES string of the molecule is C=CC(=O)C(C(=O)C=C)C(=O)C(N)=O. The summed E-state index contributed by atoms with van der Waals surface area (Å²) in [5.41, 5.74) is 4.66. The first-order valence-electron chi connectivity index (χ1n) is 3.62. The van der Waals surface area contributed by atoms with E-state index in [1.165, 1.54) is 0 Å². The molecule has 5 heteroatoms. The molecule has 2 N–H and O–H groups in total. The van der Waals surface area contributed by atoms with Crippen LogP contribution in [0.2, 0.25) is 0 Å². The van der Waals surface area contributed by atoms with Gasteiger partial charge in [0.15, 0.2) is 17.5 Å². The van der Waals surface area contributed by atoms with Crippen LogP contribution in [0.25, 0.3) is 0 Å². The van der Waals surface area contributed by atoms with Crippen LogP contribution in [0.3, 0.4) is 0 Å². The Balaban J connectivity index is 5.10. The van der Waals surface area contributed by atoms with Crippen molar-refractivity contribution in [2.45, 2.75) is 0 Å². The van der Waals surface area contributed by atoms with E-state index < -0.39 is 29.2 Å². The zero-order valence-corrected chi connectivity index (χ0v) is 7.36. The van der Waals surface area contributed by atoms with E-state index in [0.29, 0.717) is 0 Å². The number of hydrogen-bond acceptors (Lipinski definition) is 4. The number of ketones is 3. The number of allylic oxidation sites excluding steroid dienone is 2. The van der Waals surface area contributed by atoms with Crippen LogP contribution < -0.4 is 5.73 Å². The standard InChI is InChI=1S/C9H9NO4/c1-3-5(11)7(6(12)4-2)8(13)9(10)14/h3-4,7H,1-2H2,(H2,10,14). The average Bonchev–Trinajstić information content (AvgIpc) is 2.16. The Kier molecular flexibility index (Phi) is 4.15. The molecule has 0 saturated heterocycles. The van der Waals surface area contributed by atoms with Crippen molar-refractivity contribution in [3.8, 4) is 0 Å². The van der Waals surface area contributed by atoms with Gasteiger partial charge in [-0.25, -0.2) is 0 Å². The van der Waals surface area contributed by atoms with Crippen molar-refractivity contribution in [3.63, 3.8) is 0 Å². The van der Waals surface area contributed by atoms with Gasteiger partial charge >= 0.3 is 0 Å². The number of nitrogens with two attached hydrogens (primary N) is 1. The number of primary amides is 1. The Hall–Kier alpha value is -2.04. The summed E-state index contributed by atoms with van der Waals surface area (Å²) >= 11 is 0. The minimum Gasteiger partial charge on any atom is -0.363 e. The molecule has 0 rings (SSSR count). The van der Waals surface area contributed by atoms with Crippen LogP contribution in [-0.4, -0.2) is 23.3 Å². The highest BCUT2D eigenvalue weighted by Crippen LogP contribution is 2.04. The molecule has 0 heterocycles. The van der Waals surface area contributed by atoms with Gasteiger partial charge < -0.3 is 5.73 Å². The molecule has 0 aromatic rings. The highest BCUT2D eigenvalue weighted by molar-refractivity contribution is 6.46. The Morgan fingerprint density at radius 2 is 1.36 bits per heavy atom. The van der Waals surface area contributed by atoms with Crippen LogP contribution >= 0.6 is 0 Å². The van der Waals surface area contributed by atoms with Crippen LogP contribution in [0.5, 0.6) is 0 Å². The summed E-state index contributed by atoms with van der Waals surface area (Å²) in [6.45, 7) is 6.20. The van der Waals surface area contributed by atoms with Gasteiger partial charge in [-0.2, -0.15) is 0 Å². The quantitative estimate of drug-likeness (QED) is 0.340. The molecule has 0 saturated carbocycles. The Bertz CT molecular complexity index is 310. The molecule has 5 nitrogen and oxygen atoms in total. The summed E-state index contributed by atoms with van der Waals surface area (Å²) in [5.74, 6) is -6.03. The number of carbonyl (C=O) groups excluding carboxylic acids is 4. The summed E-state index contributed by atoms with van der Waals surface area (Å²) in [6.07, 6.45) is 1.57. The molecule has 0 aromatic carbocycles. The van der Waals surface area contributed by atoms with E-state index in [-0.39, 0.29) is 0 Å². The van der Waals surface area contributed by atoms with E-state index in [1.807, 2.05) is 0 Å². The number of carbonyl (C=O) groups is 4. The van der Waals surface area contributed by atoms with Crippen molar-refractivity contribution in [3.05, 3.63) is 25.3 Å². The molecule has 74 valence electrons. The van der Waals surface area contributed by atoms with E-state index >= 15 is 0 Å². The van der Waals surface area contributed by atoms with Crippen LogP contribution in [0, 0.1) is 5.92 Å². The van der Waals surface area contributed by atoms with E-state index in [2.05, 4.69) is 18.9 Å². The van der Waals surface area contributed by atoms with Crippen LogP contribution in [-0.2, 0) is 19.2 Å². The van der Waals surface area contributed by atoms with E-state index in [1.54, 1.807) is 0 Å². The fourth-order valence-electron chi connectivity index (χ4n) is 0.777. The van der Waals surface area contributed by atoms with Crippen molar-refractivity contribution in [1.29, 1.82) is 0 Å². The normalized spacial score (nSPS) is 9.21. The fourth-order valence-corrected chi connectivity index (χ4v) is 0.777. The van der Waals surface area contributed by atoms with Gasteiger partial charge in [-0.3, -0.25) is 19.2 Å². The minimum absolute atomic E-state index is 0.785. The number of hydrogen-bond donors (Lipinski definition) is 1. The summed E-state index contributed by atoms with van der Waals surface area (Å²) in [7, 11) is 0. The maximum absolute atomic E-state index is 11.0. The molecule has 14 heavy (non-hydrogen) atoms. The van der Waals surface area contributed by atoms with Crippen molar-refractivity contribution >= 4 is 23.3 Å². The lowest BCUT2D eigenvalue weighted by Gasteiger charge is -2.05. The Morgan fingerprint density at radius 1 is 1.00 bits per heavy atom. The first kappa shape index (κ1) is 12.0. The summed E-state index contributed by atoms with van der Waals surface area (Å²) < 4.78 is 0. The molecule has 0 fully saturated rings. The molecule has 0 bridgehead atoms. The highest BCUT2D eigenvalue weighted by atomic mass is 16.2. The summed E-state index contributed by atoms with van der Waals surface area (Å²) in [5, 5.41) is 0. The Morgan fingerprint density at radius 3 is 1.57 bits per heavy atom. The molecule has 0 aliphatic carbocycles. The lowest BCUT2D eigenvalue weighted by Crippen LogP contribution is -2.38. The monoisotopic (exact) mass is 195 g/mol. The van der Waals surface area contributed by atoms with Gasteiger partial charge in [0, 0.05) is 0 Å².